The van der Waals surface area contributed by atoms with Gasteiger partial charge in [-0.2, -0.15) is 13.2 Å². The lowest BCUT2D eigenvalue weighted by atomic mass is 9.84. The van der Waals surface area contributed by atoms with E-state index in [1.54, 1.807) is 35.2 Å². The fourth-order valence-corrected chi connectivity index (χ4v) is 4.26. The van der Waals surface area contributed by atoms with E-state index >= 15 is 0 Å². The van der Waals surface area contributed by atoms with Crippen LogP contribution in [0.25, 0.3) is 0 Å². The summed E-state index contributed by atoms with van der Waals surface area (Å²) in [6.07, 6.45) is -2.87. The maximum atomic E-state index is 13.1. The van der Waals surface area contributed by atoms with Crippen LogP contribution in [0.1, 0.15) is 34.8 Å². The fourth-order valence-electron chi connectivity index (χ4n) is 3.93. The number of nitrogens with zero attached hydrogens (tertiary/aromatic N) is 1. The number of ether oxygens (including phenoxy) is 1. The number of piperidine rings is 1. The zero-order chi connectivity index (χ0) is 24.9. The van der Waals surface area contributed by atoms with E-state index in [1.807, 2.05) is 0 Å². The lowest BCUT2D eigenvalue weighted by Crippen LogP contribution is -2.46. The minimum absolute atomic E-state index is 0.0783. The van der Waals surface area contributed by atoms with Crippen LogP contribution >= 0.6 is 23.2 Å². The van der Waals surface area contributed by atoms with Crippen molar-refractivity contribution in [1.29, 1.82) is 0 Å². The lowest BCUT2D eigenvalue weighted by molar-refractivity contribution is -0.175. The summed E-state index contributed by atoms with van der Waals surface area (Å²) in [6, 6.07) is 10.5. The van der Waals surface area contributed by atoms with E-state index in [-0.39, 0.29) is 33.9 Å². The standard InChI is InChI=1S/C24H23Cl2F3N2O3/c1-2-12-34-20-14-19(26)18(25)13-17(20)21(30-23(33)24(27,28)29)15-8-10-31(11-9-15)22(32)16-6-4-3-5-7-16/h2-7,13-15,21H,1,8-12H2,(H,30,33). The number of nitrogens with one attached hydrogen (secondary N) is 1. The van der Waals surface area contributed by atoms with Crippen LogP contribution in [0.2, 0.25) is 10.0 Å². The zero-order valence-corrected chi connectivity index (χ0v) is 19.6. The molecule has 1 heterocycles. The third-order valence-corrected chi connectivity index (χ3v) is 6.33. The highest BCUT2D eigenvalue weighted by atomic mass is 35.5. The van der Waals surface area contributed by atoms with Gasteiger partial charge in [0.15, 0.2) is 0 Å². The molecule has 0 bridgehead atoms. The molecule has 10 heteroatoms. The second kappa shape index (κ2) is 11.1. The maximum Gasteiger partial charge on any atom is 0.471 e. The Morgan fingerprint density at radius 1 is 1.15 bits per heavy atom. The van der Waals surface area contributed by atoms with Crippen LogP contribution in [0.5, 0.6) is 5.75 Å². The van der Waals surface area contributed by atoms with Crippen LogP contribution in [0.3, 0.4) is 0 Å². The molecule has 1 saturated heterocycles. The van der Waals surface area contributed by atoms with Gasteiger partial charge in [0, 0.05) is 30.3 Å². The van der Waals surface area contributed by atoms with Crippen LogP contribution < -0.4 is 10.1 Å². The Morgan fingerprint density at radius 3 is 2.35 bits per heavy atom. The summed E-state index contributed by atoms with van der Waals surface area (Å²) in [6.45, 7) is 4.29. The van der Waals surface area contributed by atoms with E-state index in [0.29, 0.717) is 31.5 Å². The first-order chi connectivity index (χ1) is 16.1. The summed E-state index contributed by atoms with van der Waals surface area (Å²) in [4.78, 5) is 26.3. The largest absolute Gasteiger partial charge is 0.489 e. The molecule has 34 heavy (non-hydrogen) atoms. The van der Waals surface area contributed by atoms with Gasteiger partial charge >= 0.3 is 12.1 Å². The van der Waals surface area contributed by atoms with E-state index < -0.39 is 24.0 Å². The lowest BCUT2D eigenvalue weighted by Gasteiger charge is -2.37. The van der Waals surface area contributed by atoms with Gasteiger partial charge in [0.2, 0.25) is 0 Å². The predicted molar refractivity (Wildman–Crippen MR) is 124 cm³/mol. The molecule has 2 aromatic carbocycles. The van der Waals surface area contributed by atoms with Crippen molar-refractivity contribution >= 4 is 35.0 Å². The number of carbonyl (C=O) groups excluding carboxylic acids is 2. The highest BCUT2D eigenvalue weighted by Gasteiger charge is 2.42. The molecule has 5 nitrogen and oxygen atoms in total. The Bertz CT molecular complexity index is 1040. The van der Waals surface area contributed by atoms with E-state index in [0.717, 1.165) is 0 Å². The minimum Gasteiger partial charge on any atom is -0.489 e. The van der Waals surface area contributed by atoms with Crippen molar-refractivity contribution in [2.24, 2.45) is 5.92 Å². The first-order valence-electron chi connectivity index (χ1n) is 10.6. The van der Waals surface area contributed by atoms with Gasteiger partial charge in [0.05, 0.1) is 16.1 Å². The third kappa shape index (κ3) is 6.24. The van der Waals surface area contributed by atoms with Crippen molar-refractivity contribution in [2.45, 2.75) is 25.1 Å². The number of hydrogen-bond acceptors (Lipinski definition) is 3. The van der Waals surface area contributed by atoms with Gasteiger partial charge in [-0.15, -0.1) is 0 Å². The second-order valence-corrected chi connectivity index (χ2v) is 8.66. The zero-order valence-electron chi connectivity index (χ0n) is 18.1. The maximum absolute atomic E-state index is 13.1. The molecule has 182 valence electrons. The van der Waals surface area contributed by atoms with Gasteiger partial charge in [-0.1, -0.05) is 54.1 Å². The fraction of sp³-hybridized carbons (Fsp3) is 0.333. The van der Waals surface area contributed by atoms with Gasteiger partial charge in [0.1, 0.15) is 12.4 Å². The van der Waals surface area contributed by atoms with Crippen LogP contribution in [0.15, 0.2) is 55.1 Å². The van der Waals surface area contributed by atoms with Gasteiger partial charge in [-0.3, -0.25) is 9.59 Å². The topological polar surface area (TPSA) is 58.6 Å². The number of halogens is 5. The Kier molecular flexibility index (Phi) is 8.49. The van der Waals surface area contributed by atoms with Crippen LogP contribution in [0.4, 0.5) is 13.2 Å². The first kappa shape index (κ1) is 25.9. The minimum atomic E-state index is -5.07. The second-order valence-electron chi connectivity index (χ2n) is 7.85. The predicted octanol–water partition coefficient (Wildman–Crippen LogP) is 5.83. The van der Waals surface area contributed by atoms with Gasteiger partial charge in [0.25, 0.3) is 5.91 Å². The molecule has 0 spiro atoms. The molecule has 1 fully saturated rings. The van der Waals surface area contributed by atoms with Crippen molar-refractivity contribution in [3.05, 3.63) is 76.3 Å². The molecule has 1 atom stereocenters. The normalized spacial score (nSPS) is 15.5. The number of hydrogen-bond donors (Lipinski definition) is 1. The molecule has 1 aliphatic rings. The van der Waals surface area contributed by atoms with Crippen molar-refractivity contribution in [3.8, 4) is 5.75 Å². The van der Waals surface area contributed by atoms with Crippen molar-refractivity contribution in [2.75, 3.05) is 19.7 Å². The molecular weight excluding hydrogens is 492 g/mol. The average molecular weight is 515 g/mol. The number of likely N-dealkylation sites (tertiary alicyclic amines) is 1. The van der Waals surface area contributed by atoms with Gasteiger partial charge < -0.3 is 15.0 Å². The molecule has 0 aromatic heterocycles. The van der Waals surface area contributed by atoms with Crippen molar-refractivity contribution < 1.29 is 27.5 Å². The Labute approximate surface area is 205 Å². The Morgan fingerprint density at radius 2 is 1.76 bits per heavy atom. The number of amides is 2. The van der Waals surface area contributed by atoms with Gasteiger partial charge in [-0.25, -0.2) is 0 Å². The monoisotopic (exact) mass is 514 g/mol. The molecular formula is C24H23Cl2F3N2O3. The molecule has 2 amide bonds. The van der Waals surface area contributed by atoms with Crippen LogP contribution in [-0.4, -0.2) is 42.6 Å². The third-order valence-electron chi connectivity index (χ3n) is 5.61. The molecule has 1 aliphatic heterocycles. The quantitative estimate of drug-likeness (QED) is 0.473. The van der Waals surface area contributed by atoms with E-state index in [1.165, 1.54) is 18.2 Å². The van der Waals surface area contributed by atoms with Crippen LogP contribution in [0, 0.1) is 5.92 Å². The molecule has 0 saturated carbocycles. The first-order valence-corrected chi connectivity index (χ1v) is 11.3. The summed E-state index contributed by atoms with van der Waals surface area (Å²) >= 11 is 12.3. The SMILES string of the molecule is C=CCOc1cc(Cl)c(Cl)cc1C(NC(=O)C(F)(F)F)C1CCN(C(=O)c2ccccc2)CC1. The number of benzene rings is 2. The Balaban J connectivity index is 1.88. The number of rotatable bonds is 7. The molecule has 2 aromatic rings. The summed E-state index contributed by atoms with van der Waals surface area (Å²) in [5.74, 6) is -2.43. The Hall–Kier alpha value is -2.71. The molecule has 1 N–H and O–H groups in total. The summed E-state index contributed by atoms with van der Waals surface area (Å²) in [5, 5.41) is 2.38. The van der Waals surface area contributed by atoms with E-state index in [4.69, 9.17) is 27.9 Å². The summed E-state index contributed by atoms with van der Waals surface area (Å²) in [5.41, 5.74) is 0.814. The summed E-state index contributed by atoms with van der Waals surface area (Å²) in [7, 11) is 0. The van der Waals surface area contributed by atoms with Crippen molar-refractivity contribution in [1.82, 2.24) is 10.2 Å². The van der Waals surface area contributed by atoms with Gasteiger partial charge in [-0.05, 0) is 37.0 Å². The van der Waals surface area contributed by atoms with E-state index in [2.05, 4.69) is 11.9 Å². The average Bonchev–Trinajstić information content (AvgIpc) is 2.82. The van der Waals surface area contributed by atoms with E-state index in [9.17, 15) is 22.8 Å². The molecule has 3 rings (SSSR count). The number of carbonyl (C=O) groups is 2. The van der Waals surface area contributed by atoms with Crippen LogP contribution in [-0.2, 0) is 4.79 Å². The smallest absolute Gasteiger partial charge is 0.471 e. The summed E-state index contributed by atoms with van der Waals surface area (Å²) < 4.78 is 45.0. The van der Waals surface area contributed by atoms with Crippen molar-refractivity contribution in [3.63, 3.8) is 0 Å². The molecule has 0 aliphatic carbocycles. The number of alkyl halides is 3. The molecule has 1 unspecified atom stereocenters. The highest BCUT2D eigenvalue weighted by molar-refractivity contribution is 6.42. The highest BCUT2D eigenvalue weighted by Crippen LogP contribution is 2.40. The molecule has 0 radical (unpaired) electrons.